The average molecular weight is 645 g/mol. The van der Waals surface area contributed by atoms with Crippen LogP contribution in [0.1, 0.15) is 12.8 Å². The van der Waals surface area contributed by atoms with E-state index in [4.69, 9.17) is 9.47 Å². The van der Waals surface area contributed by atoms with Crippen molar-refractivity contribution in [3.05, 3.63) is 10.8 Å². The molecule has 1 unspecified atom stereocenters. The van der Waals surface area contributed by atoms with Crippen molar-refractivity contribution in [2.75, 3.05) is 13.2 Å². The van der Waals surface area contributed by atoms with Gasteiger partial charge in [0.05, 0.1) is 6.54 Å². The second-order valence-electron chi connectivity index (χ2n) is 8.10. The Morgan fingerprint density at radius 3 is 1.68 bits per heavy atom. The van der Waals surface area contributed by atoms with E-state index >= 15 is 0 Å². The number of alkyl halides is 17. The number of thiophene rings is 1. The summed E-state index contributed by atoms with van der Waals surface area (Å²) in [5.41, 5.74) is 0. The number of ether oxygens (including phenoxy) is 2. The Hall–Kier alpha value is -2.42. The van der Waals surface area contributed by atoms with Gasteiger partial charge in [-0.2, -0.15) is 74.6 Å². The lowest BCUT2D eigenvalue weighted by Crippen LogP contribution is -2.74. The molecule has 0 radical (unpaired) electrons. The average Bonchev–Trinajstić information content (AvgIpc) is 3.27. The molecule has 232 valence electrons. The van der Waals surface area contributed by atoms with Crippen LogP contribution >= 0.6 is 11.3 Å². The standard InChI is InChI=1S/C18H12F17NO3S/c19-11(20,2-1-10(37)36-3-7-4-38-8-5-40-6-9(8)39-7)12(21,22)13(23,24)14(25,26)15(27,28)16(29,30)17(31,32)18(33,34)35/h5-7H,1-4H2,(H,36,37). The number of carbonyl (C=O) groups is 1. The Morgan fingerprint density at radius 2 is 1.18 bits per heavy atom. The van der Waals surface area contributed by atoms with E-state index < -0.39 is 79.0 Å². The fourth-order valence-electron chi connectivity index (χ4n) is 2.90. The minimum atomic E-state index is -8.69. The van der Waals surface area contributed by atoms with E-state index in [2.05, 4.69) is 0 Å². The molecule has 0 aliphatic carbocycles. The van der Waals surface area contributed by atoms with Gasteiger partial charge in [-0.3, -0.25) is 4.79 Å². The zero-order valence-electron chi connectivity index (χ0n) is 18.6. The summed E-state index contributed by atoms with van der Waals surface area (Å²) < 4.78 is 236. The van der Waals surface area contributed by atoms with Gasteiger partial charge in [0.1, 0.15) is 12.7 Å². The highest BCUT2D eigenvalue weighted by atomic mass is 32.1. The Kier molecular flexibility index (Phi) is 8.56. The molecule has 0 saturated carbocycles. The van der Waals surface area contributed by atoms with Crippen LogP contribution < -0.4 is 14.8 Å². The normalized spacial score (nSPS) is 18.1. The van der Waals surface area contributed by atoms with Crippen LogP contribution in [0.2, 0.25) is 0 Å². The van der Waals surface area contributed by atoms with Gasteiger partial charge in [-0.25, -0.2) is 0 Å². The SMILES string of the molecule is O=C(CCC(F)(F)C(F)(F)C(F)(F)C(F)(F)C(F)(F)C(F)(F)C(F)(F)C(F)(F)F)NCC1COc2cscc2O1. The summed E-state index contributed by atoms with van der Waals surface area (Å²) in [6.45, 7) is -0.829. The van der Waals surface area contributed by atoms with E-state index in [0.717, 1.165) is 11.3 Å². The first-order chi connectivity index (χ1) is 17.7. The summed E-state index contributed by atoms with van der Waals surface area (Å²) in [7, 11) is 0. The Labute approximate surface area is 214 Å². The topological polar surface area (TPSA) is 47.6 Å². The highest BCUT2D eigenvalue weighted by Gasteiger charge is 2.95. The quantitative estimate of drug-likeness (QED) is 0.270. The summed E-state index contributed by atoms with van der Waals surface area (Å²) in [6.07, 6.45) is -13.6. The fourth-order valence-corrected chi connectivity index (χ4v) is 3.57. The van der Waals surface area contributed by atoms with Crippen molar-refractivity contribution in [3.8, 4) is 11.5 Å². The third-order valence-corrected chi connectivity index (χ3v) is 5.99. The molecular formula is C18H12F17NO3S. The summed E-state index contributed by atoms with van der Waals surface area (Å²) in [6, 6.07) is 0. The number of carbonyl (C=O) groups excluding carboxylic acids is 1. The van der Waals surface area contributed by atoms with Crippen LogP contribution in [-0.2, 0) is 4.79 Å². The van der Waals surface area contributed by atoms with Crippen LogP contribution in [0.3, 0.4) is 0 Å². The monoisotopic (exact) mass is 645 g/mol. The summed E-state index contributed by atoms with van der Waals surface area (Å²) in [5.74, 6) is -58.1. The molecule has 40 heavy (non-hydrogen) atoms. The summed E-state index contributed by atoms with van der Waals surface area (Å²) >= 11 is 1.12. The molecule has 0 spiro atoms. The van der Waals surface area contributed by atoms with Crippen molar-refractivity contribution in [3.63, 3.8) is 0 Å². The smallest absolute Gasteiger partial charge is 0.460 e. The summed E-state index contributed by atoms with van der Waals surface area (Å²) in [5, 5.41) is 4.72. The van der Waals surface area contributed by atoms with Crippen molar-refractivity contribution >= 4 is 17.2 Å². The molecular weight excluding hydrogens is 633 g/mol. The molecule has 0 aromatic carbocycles. The first-order valence-corrected chi connectivity index (χ1v) is 11.0. The number of fused-ring (bicyclic) bond motifs is 1. The molecule has 1 amide bonds. The molecule has 0 bridgehead atoms. The molecule has 0 saturated heterocycles. The molecule has 4 nitrogen and oxygen atoms in total. The van der Waals surface area contributed by atoms with Gasteiger partial charge < -0.3 is 14.8 Å². The van der Waals surface area contributed by atoms with Crippen molar-refractivity contribution < 1.29 is 88.9 Å². The molecule has 0 fully saturated rings. The number of halogens is 17. The van der Waals surface area contributed by atoms with E-state index in [9.17, 15) is 79.4 Å². The minimum Gasteiger partial charge on any atom is -0.485 e. The number of nitrogens with one attached hydrogen (secondary N) is 1. The van der Waals surface area contributed by atoms with Crippen LogP contribution in [0.15, 0.2) is 10.8 Å². The first kappa shape index (κ1) is 33.8. The van der Waals surface area contributed by atoms with E-state index in [1.54, 1.807) is 5.32 Å². The van der Waals surface area contributed by atoms with Gasteiger partial charge in [-0.1, -0.05) is 0 Å². The molecule has 22 heteroatoms. The van der Waals surface area contributed by atoms with Crippen LogP contribution in [0.5, 0.6) is 11.5 Å². The van der Waals surface area contributed by atoms with Crippen LogP contribution in [0, 0.1) is 0 Å². The van der Waals surface area contributed by atoms with Crippen LogP contribution in [-0.4, -0.2) is 72.8 Å². The Balaban J connectivity index is 2.18. The maximum Gasteiger partial charge on any atom is 0.460 e. The number of rotatable bonds is 11. The molecule has 1 atom stereocenters. The zero-order chi connectivity index (χ0) is 31.4. The maximum absolute atomic E-state index is 13.9. The van der Waals surface area contributed by atoms with Crippen molar-refractivity contribution in [2.45, 2.75) is 66.6 Å². The van der Waals surface area contributed by atoms with Crippen molar-refractivity contribution in [1.29, 1.82) is 0 Å². The molecule has 1 aliphatic heterocycles. The van der Waals surface area contributed by atoms with Gasteiger partial charge in [0.15, 0.2) is 11.5 Å². The molecule has 2 heterocycles. The first-order valence-electron chi connectivity index (χ1n) is 10.0. The van der Waals surface area contributed by atoms with Crippen LogP contribution in [0.4, 0.5) is 74.6 Å². The van der Waals surface area contributed by atoms with Gasteiger partial charge in [0.2, 0.25) is 5.91 Å². The van der Waals surface area contributed by atoms with Gasteiger partial charge in [-0.15, -0.1) is 11.3 Å². The van der Waals surface area contributed by atoms with Crippen molar-refractivity contribution in [1.82, 2.24) is 5.32 Å². The number of hydrogen-bond donors (Lipinski definition) is 1. The maximum atomic E-state index is 13.9. The lowest BCUT2D eigenvalue weighted by molar-refractivity contribution is -0.461. The number of hydrogen-bond acceptors (Lipinski definition) is 4. The highest BCUT2D eigenvalue weighted by molar-refractivity contribution is 7.08. The van der Waals surface area contributed by atoms with E-state index in [0.29, 0.717) is 0 Å². The molecule has 1 aromatic rings. The molecule has 1 aliphatic rings. The third kappa shape index (κ3) is 5.19. The van der Waals surface area contributed by atoms with E-state index in [1.807, 2.05) is 0 Å². The second-order valence-corrected chi connectivity index (χ2v) is 8.85. The number of amides is 1. The molecule has 1 aromatic heterocycles. The van der Waals surface area contributed by atoms with Gasteiger partial charge in [0, 0.05) is 23.6 Å². The predicted octanol–water partition coefficient (Wildman–Crippen LogP) is 6.79. The second kappa shape index (κ2) is 10.1. The van der Waals surface area contributed by atoms with Gasteiger partial charge >= 0.3 is 47.6 Å². The molecule has 2 rings (SSSR count). The van der Waals surface area contributed by atoms with Gasteiger partial charge in [0.25, 0.3) is 0 Å². The van der Waals surface area contributed by atoms with E-state index in [1.165, 1.54) is 10.8 Å². The summed E-state index contributed by atoms with van der Waals surface area (Å²) in [4.78, 5) is 11.7. The fraction of sp³-hybridized carbons (Fsp3) is 0.722. The lowest BCUT2D eigenvalue weighted by atomic mass is 9.88. The van der Waals surface area contributed by atoms with Gasteiger partial charge in [-0.05, 0) is 0 Å². The Morgan fingerprint density at radius 1 is 0.725 bits per heavy atom. The Bertz CT molecular complexity index is 1070. The highest BCUT2D eigenvalue weighted by Crippen LogP contribution is 2.64. The zero-order valence-corrected chi connectivity index (χ0v) is 19.4. The van der Waals surface area contributed by atoms with E-state index in [-0.39, 0.29) is 18.1 Å². The minimum absolute atomic E-state index is 0.181. The molecule has 1 N–H and O–H groups in total. The lowest BCUT2D eigenvalue weighted by Gasteiger charge is -2.42. The predicted molar refractivity (Wildman–Crippen MR) is 97.2 cm³/mol. The van der Waals surface area contributed by atoms with Crippen molar-refractivity contribution in [2.24, 2.45) is 0 Å². The largest absolute Gasteiger partial charge is 0.485 e. The third-order valence-electron chi connectivity index (χ3n) is 5.29. The van der Waals surface area contributed by atoms with Crippen LogP contribution in [0.25, 0.3) is 0 Å².